The third-order valence-corrected chi connectivity index (χ3v) is 5.32. The van der Waals surface area contributed by atoms with Gasteiger partial charge in [0.05, 0.1) is 13.2 Å². The van der Waals surface area contributed by atoms with Crippen LogP contribution in [-0.4, -0.2) is 52.8 Å². The van der Waals surface area contributed by atoms with Crippen molar-refractivity contribution in [3.05, 3.63) is 57.9 Å². The Labute approximate surface area is 181 Å². The zero-order chi connectivity index (χ0) is 22.5. The van der Waals surface area contributed by atoms with Crippen LogP contribution in [0.5, 0.6) is 5.75 Å². The number of aryl methyl sites for hydroxylation is 1. The molecule has 3 N–H and O–H groups in total. The number of Topliss-reactive ketones (excluding diaryl/α,β-unsaturated/α-hetero) is 1. The standard InChI is InChI=1S/C23H28N4O4/c1-4-20(29)25-11-18-10-17(9-15(22(18)30)7-8-31-3)19(28)13-27-12-16-6-5-14(2)26-21(16)23(27)24/h5-6,9-10,24,30H,4,7-8,11-13H2,1-3H3,(H,25,29). The summed E-state index contributed by atoms with van der Waals surface area (Å²) >= 11 is 0. The van der Waals surface area contributed by atoms with Crippen molar-refractivity contribution in [3.8, 4) is 5.75 Å². The number of carbonyl (C=O) groups excluding carboxylic acids is 2. The van der Waals surface area contributed by atoms with E-state index in [2.05, 4.69) is 10.3 Å². The van der Waals surface area contributed by atoms with Crippen LogP contribution in [-0.2, 0) is 29.0 Å². The fourth-order valence-corrected chi connectivity index (χ4v) is 3.53. The zero-order valence-corrected chi connectivity index (χ0v) is 18.1. The van der Waals surface area contributed by atoms with E-state index in [0.717, 1.165) is 11.3 Å². The monoisotopic (exact) mass is 424 g/mol. The lowest BCUT2D eigenvalue weighted by molar-refractivity contribution is -0.120. The number of carbonyl (C=O) groups is 2. The van der Waals surface area contributed by atoms with E-state index in [4.69, 9.17) is 10.1 Å². The Balaban J connectivity index is 1.82. The van der Waals surface area contributed by atoms with Crippen molar-refractivity contribution in [2.45, 2.75) is 39.8 Å². The summed E-state index contributed by atoms with van der Waals surface area (Å²) in [5.41, 5.74) is 3.87. The predicted molar refractivity (Wildman–Crippen MR) is 116 cm³/mol. The number of phenolic OH excluding ortho intramolecular Hbond substituents is 1. The Morgan fingerprint density at radius 2 is 2.03 bits per heavy atom. The highest BCUT2D eigenvalue weighted by Crippen LogP contribution is 2.27. The second-order valence-electron chi connectivity index (χ2n) is 7.60. The molecule has 1 aliphatic rings. The Bertz CT molecular complexity index is 1020. The Morgan fingerprint density at radius 1 is 1.29 bits per heavy atom. The number of hydrogen-bond donors (Lipinski definition) is 3. The molecule has 164 valence electrons. The smallest absolute Gasteiger partial charge is 0.219 e. The number of amides is 1. The number of nitrogens with zero attached hydrogens (tertiary/aromatic N) is 2. The molecule has 2 aromatic rings. The van der Waals surface area contributed by atoms with Crippen LogP contribution in [0.3, 0.4) is 0 Å². The fraction of sp³-hybridized carbons (Fsp3) is 0.391. The van der Waals surface area contributed by atoms with Crippen molar-refractivity contribution in [1.82, 2.24) is 15.2 Å². The number of fused-ring (bicyclic) bond motifs is 1. The molecule has 0 atom stereocenters. The first-order valence-corrected chi connectivity index (χ1v) is 10.3. The molecular weight excluding hydrogens is 396 g/mol. The van der Waals surface area contributed by atoms with E-state index in [1.54, 1.807) is 31.1 Å². The highest BCUT2D eigenvalue weighted by molar-refractivity contribution is 6.04. The lowest BCUT2D eigenvalue weighted by Crippen LogP contribution is -2.30. The molecule has 3 rings (SSSR count). The quantitative estimate of drug-likeness (QED) is 0.532. The maximum absolute atomic E-state index is 13.1. The minimum atomic E-state index is -0.170. The van der Waals surface area contributed by atoms with Gasteiger partial charge >= 0.3 is 0 Å². The SMILES string of the molecule is CCC(=O)NCc1cc(C(=O)CN2Cc3ccc(C)nc3C2=N)cc(CCOC)c1O. The number of hydrogen-bond acceptors (Lipinski definition) is 6. The van der Waals surface area contributed by atoms with Crippen molar-refractivity contribution < 1.29 is 19.4 Å². The van der Waals surface area contributed by atoms with Gasteiger partial charge in [-0.3, -0.25) is 15.0 Å². The number of phenols is 1. The summed E-state index contributed by atoms with van der Waals surface area (Å²) in [4.78, 5) is 30.9. The molecule has 0 saturated heterocycles. The van der Waals surface area contributed by atoms with Gasteiger partial charge in [0.2, 0.25) is 5.91 Å². The number of amidine groups is 1. The highest BCUT2D eigenvalue weighted by atomic mass is 16.5. The molecule has 0 bridgehead atoms. The molecule has 0 fully saturated rings. The lowest BCUT2D eigenvalue weighted by Gasteiger charge is -2.18. The minimum absolute atomic E-state index is 0.0312. The van der Waals surface area contributed by atoms with Crippen LogP contribution >= 0.6 is 0 Å². The summed E-state index contributed by atoms with van der Waals surface area (Å²) in [6.07, 6.45) is 0.771. The van der Waals surface area contributed by atoms with E-state index >= 15 is 0 Å². The van der Waals surface area contributed by atoms with Gasteiger partial charge in [0, 0.05) is 49.0 Å². The van der Waals surface area contributed by atoms with E-state index < -0.39 is 0 Å². The maximum Gasteiger partial charge on any atom is 0.219 e. The first-order chi connectivity index (χ1) is 14.8. The molecular formula is C23H28N4O4. The summed E-state index contributed by atoms with van der Waals surface area (Å²) in [5, 5.41) is 21.7. The van der Waals surface area contributed by atoms with Crippen molar-refractivity contribution >= 4 is 17.5 Å². The maximum atomic E-state index is 13.1. The number of aromatic nitrogens is 1. The van der Waals surface area contributed by atoms with Crippen LogP contribution in [0, 0.1) is 12.3 Å². The first-order valence-electron chi connectivity index (χ1n) is 10.3. The number of methoxy groups -OCH3 is 1. The molecule has 2 heterocycles. The van der Waals surface area contributed by atoms with Crippen molar-refractivity contribution in [2.24, 2.45) is 0 Å². The number of aromatic hydroxyl groups is 1. The van der Waals surface area contributed by atoms with Gasteiger partial charge in [-0.05, 0) is 37.1 Å². The molecule has 0 radical (unpaired) electrons. The van der Waals surface area contributed by atoms with Crippen molar-refractivity contribution in [1.29, 1.82) is 5.41 Å². The first kappa shape index (κ1) is 22.4. The average molecular weight is 425 g/mol. The summed E-state index contributed by atoms with van der Waals surface area (Å²) in [6.45, 7) is 4.64. The average Bonchev–Trinajstić information content (AvgIpc) is 3.06. The number of nitrogens with one attached hydrogen (secondary N) is 2. The second kappa shape index (κ2) is 9.70. The van der Waals surface area contributed by atoms with E-state index in [9.17, 15) is 14.7 Å². The van der Waals surface area contributed by atoms with E-state index in [0.29, 0.717) is 48.4 Å². The molecule has 1 aliphatic heterocycles. The van der Waals surface area contributed by atoms with Crippen molar-refractivity contribution in [2.75, 3.05) is 20.3 Å². The van der Waals surface area contributed by atoms with Gasteiger partial charge in [-0.1, -0.05) is 13.0 Å². The molecule has 31 heavy (non-hydrogen) atoms. The molecule has 1 amide bonds. The van der Waals surface area contributed by atoms with Gasteiger partial charge in [-0.15, -0.1) is 0 Å². The number of pyridine rings is 1. The molecule has 8 nitrogen and oxygen atoms in total. The van der Waals surface area contributed by atoms with Crippen LogP contribution in [0.4, 0.5) is 0 Å². The largest absolute Gasteiger partial charge is 0.507 e. The zero-order valence-electron chi connectivity index (χ0n) is 18.1. The van der Waals surface area contributed by atoms with Crippen LogP contribution in [0.25, 0.3) is 0 Å². The lowest BCUT2D eigenvalue weighted by atomic mass is 9.99. The van der Waals surface area contributed by atoms with Gasteiger partial charge in [-0.2, -0.15) is 0 Å². The Kier molecular flexibility index (Phi) is 7.02. The summed E-state index contributed by atoms with van der Waals surface area (Å²) in [7, 11) is 1.57. The number of ketones is 1. The van der Waals surface area contributed by atoms with Crippen LogP contribution in [0.15, 0.2) is 24.3 Å². The number of rotatable bonds is 9. The summed E-state index contributed by atoms with van der Waals surface area (Å²) in [5.74, 6) is -0.0106. The van der Waals surface area contributed by atoms with Gasteiger partial charge in [0.15, 0.2) is 5.78 Å². The molecule has 8 heteroatoms. The van der Waals surface area contributed by atoms with Crippen molar-refractivity contribution in [3.63, 3.8) is 0 Å². The molecule has 0 unspecified atom stereocenters. The van der Waals surface area contributed by atoms with E-state index in [1.165, 1.54) is 0 Å². The van der Waals surface area contributed by atoms with Crippen LogP contribution < -0.4 is 5.32 Å². The molecule has 0 aliphatic carbocycles. The molecule has 0 spiro atoms. The normalized spacial score (nSPS) is 12.7. The fourth-order valence-electron chi connectivity index (χ4n) is 3.53. The van der Waals surface area contributed by atoms with E-state index in [-0.39, 0.29) is 36.4 Å². The number of ether oxygens (including phenoxy) is 1. The third kappa shape index (κ3) is 5.08. The Morgan fingerprint density at radius 3 is 2.74 bits per heavy atom. The van der Waals surface area contributed by atoms with Gasteiger partial charge in [-0.25, -0.2) is 4.98 Å². The highest BCUT2D eigenvalue weighted by Gasteiger charge is 2.28. The molecule has 1 aromatic carbocycles. The van der Waals surface area contributed by atoms with Crippen LogP contribution in [0.2, 0.25) is 0 Å². The van der Waals surface area contributed by atoms with Gasteiger partial charge < -0.3 is 20.1 Å². The minimum Gasteiger partial charge on any atom is -0.507 e. The molecule has 0 saturated carbocycles. The topological polar surface area (TPSA) is 116 Å². The second-order valence-corrected chi connectivity index (χ2v) is 7.60. The predicted octanol–water partition coefficient (Wildman–Crippen LogP) is 2.33. The van der Waals surface area contributed by atoms with Crippen LogP contribution in [0.1, 0.15) is 51.8 Å². The number of benzene rings is 1. The summed E-state index contributed by atoms with van der Waals surface area (Å²) in [6, 6.07) is 7.11. The third-order valence-electron chi connectivity index (χ3n) is 5.32. The van der Waals surface area contributed by atoms with Gasteiger partial charge in [0.1, 0.15) is 17.3 Å². The van der Waals surface area contributed by atoms with E-state index in [1.807, 2.05) is 19.1 Å². The molecule has 1 aromatic heterocycles. The summed E-state index contributed by atoms with van der Waals surface area (Å²) < 4.78 is 5.11. The van der Waals surface area contributed by atoms with Gasteiger partial charge in [0.25, 0.3) is 0 Å². The Hall–Kier alpha value is -3.26.